The predicted octanol–water partition coefficient (Wildman–Crippen LogP) is 2.45. The maximum Gasteiger partial charge on any atom is 0.165 e. The molecule has 0 heterocycles. The zero-order chi connectivity index (χ0) is 11.3. The maximum absolute atomic E-state index is 13.5. The van der Waals surface area contributed by atoms with Crippen LogP contribution < -0.4 is 4.74 Å². The van der Waals surface area contributed by atoms with Gasteiger partial charge in [-0.3, -0.25) is 0 Å². The van der Waals surface area contributed by atoms with E-state index in [4.69, 9.17) is 4.74 Å². The van der Waals surface area contributed by atoms with Gasteiger partial charge in [0.05, 0.1) is 12.7 Å². The largest absolute Gasteiger partial charge is 0.494 e. The third-order valence-electron chi connectivity index (χ3n) is 4.15. The Hall–Kier alpha value is -1.09. The second-order valence-corrected chi connectivity index (χ2v) is 4.82. The second-order valence-electron chi connectivity index (χ2n) is 4.82. The van der Waals surface area contributed by atoms with Crippen molar-refractivity contribution in [3.63, 3.8) is 0 Å². The Bertz CT molecular complexity index is 420. The summed E-state index contributed by atoms with van der Waals surface area (Å²) in [7, 11) is 1.44. The Balaban J connectivity index is 1.94. The summed E-state index contributed by atoms with van der Waals surface area (Å²) < 4.78 is 18.4. The molecule has 0 aliphatic heterocycles. The molecule has 2 aliphatic rings. The smallest absolute Gasteiger partial charge is 0.165 e. The van der Waals surface area contributed by atoms with Crippen LogP contribution in [-0.2, 0) is 5.60 Å². The van der Waals surface area contributed by atoms with E-state index in [-0.39, 0.29) is 5.75 Å². The molecule has 2 aliphatic carbocycles. The highest BCUT2D eigenvalue weighted by Crippen LogP contribution is 2.66. The normalized spacial score (nSPS) is 35.9. The summed E-state index contributed by atoms with van der Waals surface area (Å²) in [6.45, 7) is 0. The lowest BCUT2D eigenvalue weighted by Gasteiger charge is -2.15. The average Bonchev–Trinajstić information content (AvgIpc) is 2.69. The number of aliphatic hydroxyl groups is 1. The van der Waals surface area contributed by atoms with Crippen LogP contribution in [0.15, 0.2) is 18.2 Å². The van der Waals surface area contributed by atoms with E-state index in [1.807, 2.05) is 0 Å². The summed E-state index contributed by atoms with van der Waals surface area (Å²) in [6, 6.07) is 4.79. The van der Waals surface area contributed by atoms with E-state index in [9.17, 15) is 9.50 Å². The Morgan fingerprint density at radius 3 is 2.62 bits per heavy atom. The monoisotopic (exact) mass is 222 g/mol. The predicted molar refractivity (Wildman–Crippen MR) is 57.7 cm³/mol. The van der Waals surface area contributed by atoms with Crippen molar-refractivity contribution in [1.29, 1.82) is 0 Å². The summed E-state index contributed by atoms with van der Waals surface area (Å²) in [5.74, 6) is 0.539. The van der Waals surface area contributed by atoms with Gasteiger partial charge in [0.25, 0.3) is 0 Å². The number of ether oxygens (including phenoxy) is 1. The third-order valence-corrected chi connectivity index (χ3v) is 4.15. The molecule has 0 aromatic heterocycles. The summed E-state index contributed by atoms with van der Waals surface area (Å²) in [4.78, 5) is 0. The number of methoxy groups -OCH3 is 1. The lowest BCUT2D eigenvalue weighted by Crippen LogP contribution is -2.13. The molecule has 16 heavy (non-hydrogen) atoms. The van der Waals surface area contributed by atoms with Crippen molar-refractivity contribution in [3.8, 4) is 5.75 Å². The first-order valence-electron chi connectivity index (χ1n) is 5.74. The van der Waals surface area contributed by atoms with Gasteiger partial charge < -0.3 is 9.84 Å². The van der Waals surface area contributed by atoms with Gasteiger partial charge in [-0.25, -0.2) is 4.39 Å². The quantitative estimate of drug-likeness (QED) is 0.832. The number of halogens is 1. The fourth-order valence-electron chi connectivity index (χ4n) is 3.27. The van der Waals surface area contributed by atoms with Crippen molar-refractivity contribution in [2.75, 3.05) is 7.11 Å². The third kappa shape index (κ3) is 1.15. The van der Waals surface area contributed by atoms with E-state index >= 15 is 0 Å². The maximum atomic E-state index is 13.5. The van der Waals surface area contributed by atoms with Crippen LogP contribution in [0.1, 0.15) is 24.8 Å². The molecule has 0 bridgehead atoms. The molecule has 2 nitrogen and oxygen atoms in total. The van der Waals surface area contributed by atoms with Gasteiger partial charge in [0.15, 0.2) is 11.6 Å². The van der Waals surface area contributed by atoms with E-state index in [0.29, 0.717) is 17.4 Å². The molecule has 2 saturated carbocycles. The summed E-state index contributed by atoms with van der Waals surface area (Å²) in [5.41, 5.74) is -0.0498. The molecule has 1 aromatic rings. The molecule has 2 unspecified atom stereocenters. The number of hydrogen-bond acceptors (Lipinski definition) is 2. The van der Waals surface area contributed by atoms with Gasteiger partial charge in [0.1, 0.15) is 0 Å². The fourth-order valence-corrected chi connectivity index (χ4v) is 3.27. The molecular weight excluding hydrogens is 207 g/mol. The van der Waals surface area contributed by atoms with Crippen molar-refractivity contribution in [2.45, 2.75) is 24.9 Å². The van der Waals surface area contributed by atoms with Crippen LogP contribution in [0.5, 0.6) is 5.75 Å². The van der Waals surface area contributed by atoms with E-state index in [0.717, 1.165) is 12.8 Å². The van der Waals surface area contributed by atoms with E-state index in [2.05, 4.69) is 0 Å². The van der Waals surface area contributed by atoms with Crippen LogP contribution in [0.3, 0.4) is 0 Å². The van der Waals surface area contributed by atoms with Crippen LogP contribution in [0.4, 0.5) is 4.39 Å². The lowest BCUT2D eigenvalue weighted by molar-refractivity contribution is 0.105. The van der Waals surface area contributed by atoms with Crippen molar-refractivity contribution in [1.82, 2.24) is 0 Å². The number of benzene rings is 1. The molecule has 86 valence electrons. The first-order chi connectivity index (χ1) is 7.67. The molecule has 1 N–H and O–H groups in total. The highest BCUT2D eigenvalue weighted by atomic mass is 19.1. The number of fused-ring (bicyclic) bond motifs is 1. The van der Waals surface area contributed by atoms with Crippen molar-refractivity contribution >= 4 is 0 Å². The minimum absolute atomic E-state index is 0.234. The van der Waals surface area contributed by atoms with Gasteiger partial charge in [-0.1, -0.05) is 12.5 Å². The number of hydrogen-bond donors (Lipinski definition) is 1. The van der Waals surface area contributed by atoms with Gasteiger partial charge in [0, 0.05) is 0 Å². The zero-order valence-corrected chi connectivity index (χ0v) is 9.24. The molecule has 3 rings (SSSR count). The first-order valence-corrected chi connectivity index (χ1v) is 5.74. The summed E-state index contributed by atoms with van der Waals surface area (Å²) in [6.07, 6.45) is 3.32. The number of rotatable bonds is 2. The standard InChI is InChI=1S/C13H15FO2/c1-16-12-6-5-8(7-11(12)14)13(15)9-3-2-4-10(9)13/h5-7,9-10,15H,2-4H2,1H3. The minimum Gasteiger partial charge on any atom is -0.494 e. The van der Waals surface area contributed by atoms with Gasteiger partial charge >= 0.3 is 0 Å². The SMILES string of the molecule is COc1ccc(C2(O)C3CCCC32)cc1F. The molecule has 2 fully saturated rings. The fraction of sp³-hybridized carbons (Fsp3) is 0.538. The Labute approximate surface area is 94.0 Å². The Morgan fingerprint density at radius 2 is 2.06 bits per heavy atom. The zero-order valence-electron chi connectivity index (χ0n) is 9.24. The van der Waals surface area contributed by atoms with Gasteiger partial charge in [-0.05, 0) is 42.4 Å². The molecule has 0 radical (unpaired) electrons. The molecule has 0 saturated heterocycles. The molecule has 0 spiro atoms. The molecular formula is C13H15FO2. The van der Waals surface area contributed by atoms with Crippen LogP contribution in [0, 0.1) is 17.7 Å². The van der Waals surface area contributed by atoms with Crippen LogP contribution in [-0.4, -0.2) is 12.2 Å². The van der Waals surface area contributed by atoms with Gasteiger partial charge in [-0.2, -0.15) is 0 Å². The van der Waals surface area contributed by atoms with E-state index in [1.54, 1.807) is 12.1 Å². The Kier molecular flexibility index (Phi) is 2.02. The van der Waals surface area contributed by atoms with Gasteiger partial charge in [-0.15, -0.1) is 0 Å². The molecule has 0 amide bonds. The first kappa shape index (κ1) is 10.1. The van der Waals surface area contributed by atoms with Crippen LogP contribution in [0.25, 0.3) is 0 Å². The highest BCUT2D eigenvalue weighted by molar-refractivity contribution is 5.38. The molecule has 1 aromatic carbocycles. The topological polar surface area (TPSA) is 29.5 Å². The molecule has 3 heteroatoms. The average molecular weight is 222 g/mol. The van der Waals surface area contributed by atoms with Crippen molar-refractivity contribution in [3.05, 3.63) is 29.6 Å². The highest BCUT2D eigenvalue weighted by Gasteiger charge is 2.66. The van der Waals surface area contributed by atoms with E-state index < -0.39 is 11.4 Å². The summed E-state index contributed by atoms with van der Waals surface area (Å²) in [5, 5.41) is 10.5. The van der Waals surface area contributed by atoms with Crippen LogP contribution in [0.2, 0.25) is 0 Å². The van der Waals surface area contributed by atoms with Crippen molar-refractivity contribution in [2.24, 2.45) is 11.8 Å². The van der Waals surface area contributed by atoms with Crippen LogP contribution >= 0.6 is 0 Å². The second kappa shape index (κ2) is 3.20. The Morgan fingerprint density at radius 1 is 1.38 bits per heavy atom. The minimum atomic E-state index is -0.759. The van der Waals surface area contributed by atoms with Crippen molar-refractivity contribution < 1.29 is 14.2 Å². The van der Waals surface area contributed by atoms with Gasteiger partial charge in [0.2, 0.25) is 0 Å². The van der Waals surface area contributed by atoms with E-state index in [1.165, 1.54) is 19.6 Å². The molecule has 2 atom stereocenters. The lowest BCUT2D eigenvalue weighted by atomic mass is 9.99. The summed E-state index contributed by atoms with van der Waals surface area (Å²) >= 11 is 0.